The minimum atomic E-state index is -1.69. The Labute approximate surface area is 167 Å². The molecule has 2 saturated heterocycles. The predicted octanol–water partition coefficient (Wildman–Crippen LogP) is 1.35. The van der Waals surface area contributed by atoms with E-state index in [2.05, 4.69) is 0 Å². The summed E-state index contributed by atoms with van der Waals surface area (Å²) in [6, 6.07) is 12.8. The molecule has 0 spiro atoms. The molecule has 3 heterocycles. The van der Waals surface area contributed by atoms with Crippen molar-refractivity contribution in [2.75, 3.05) is 25.3 Å². The van der Waals surface area contributed by atoms with Crippen LogP contribution in [0.2, 0.25) is 0 Å². The Morgan fingerprint density at radius 3 is 2.83 bits per heavy atom. The highest BCUT2D eigenvalue weighted by molar-refractivity contribution is 5.92. The average Bonchev–Trinajstić information content (AvgIpc) is 3.53. The summed E-state index contributed by atoms with van der Waals surface area (Å²) in [5.41, 5.74) is 2.37. The van der Waals surface area contributed by atoms with E-state index in [0.717, 1.165) is 5.56 Å². The van der Waals surface area contributed by atoms with Crippen LogP contribution in [0, 0.1) is 0 Å². The molecule has 8 heteroatoms. The number of rotatable bonds is 5. The highest BCUT2D eigenvalue weighted by Crippen LogP contribution is 2.55. The number of carbonyl (C=O) groups excluding carboxylic acids is 1. The van der Waals surface area contributed by atoms with Gasteiger partial charge in [-0.15, -0.1) is 0 Å². The Kier molecular flexibility index (Phi) is 4.25. The van der Waals surface area contributed by atoms with Crippen LogP contribution in [0.5, 0.6) is 5.75 Å². The number of hydrogen-bond donors (Lipinski definition) is 2. The van der Waals surface area contributed by atoms with Crippen LogP contribution < -0.4 is 9.80 Å². The van der Waals surface area contributed by atoms with Crippen molar-refractivity contribution in [3.63, 3.8) is 0 Å². The summed E-state index contributed by atoms with van der Waals surface area (Å²) in [6.07, 6.45) is -0.697. The zero-order valence-corrected chi connectivity index (χ0v) is 15.8. The van der Waals surface area contributed by atoms with Gasteiger partial charge in [0.1, 0.15) is 24.6 Å². The van der Waals surface area contributed by atoms with Crippen molar-refractivity contribution in [3.8, 4) is 5.75 Å². The summed E-state index contributed by atoms with van der Waals surface area (Å²) in [5, 5.41) is 22.8. The number of aliphatic hydroxyl groups is 2. The van der Waals surface area contributed by atoms with Gasteiger partial charge in [0.05, 0.1) is 37.4 Å². The lowest BCUT2D eigenvalue weighted by Gasteiger charge is -2.47. The van der Waals surface area contributed by atoms with Gasteiger partial charge in [0.25, 0.3) is 0 Å². The van der Waals surface area contributed by atoms with Crippen molar-refractivity contribution >= 4 is 11.7 Å². The van der Waals surface area contributed by atoms with Gasteiger partial charge >= 0.3 is 5.97 Å². The second-order valence-electron chi connectivity index (χ2n) is 7.41. The first kappa shape index (κ1) is 18.4. The molecule has 0 aromatic heterocycles. The third-order valence-electron chi connectivity index (χ3n) is 5.67. The van der Waals surface area contributed by atoms with E-state index in [1.54, 1.807) is 12.1 Å². The number of benzene rings is 2. The molecule has 2 aromatic carbocycles. The van der Waals surface area contributed by atoms with E-state index in [0.29, 0.717) is 29.1 Å². The van der Waals surface area contributed by atoms with Gasteiger partial charge in [0, 0.05) is 5.56 Å². The Morgan fingerprint density at radius 1 is 1.31 bits per heavy atom. The van der Waals surface area contributed by atoms with Crippen LogP contribution in [-0.4, -0.2) is 54.4 Å². The maximum absolute atomic E-state index is 12.2. The molecule has 4 atom stereocenters. The van der Waals surface area contributed by atoms with Gasteiger partial charge < -0.3 is 24.4 Å². The molecule has 0 amide bonds. The molecule has 3 aliphatic rings. The molecule has 3 aliphatic heterocycles. The fraction of sp³-hybridized carbons (Fsp3) is 0.381. The molecule has 0 radical (unpaired) electrons. The number of hydrogen-bond acceptors (Lipinski definition) is 8. The van der Waals surface area contributed by atoms with Crippen molar-refractivity contribution in [1.29, 1.82) is 0 Å². The topological polar surface area (TPSA) is 101 Å². The van der Waals surface area contributed by atoms with Crippen molar-refractivity contribution in [3.05, 3.63) is 59.2 Å². The molecule has 2 fully saturated rings. The summed E-state index contributed by atoms with van der Waals surface area (Å²) in [4.78, 5) is 18.0. The molecular weight excluding hydrogens is 378 g/mol. The van der Waals surface area contributed by atoms with E-state index in [4.69, 9.17) is 19.0 Å². The SMILES string of the molecule is COC(=O)c1cc(OCc2ccccc2)c2c(c1)N1C[C@H]3O[C@H]3[C@@](O)(O1)[C@H]2CO. The van der Waals surface area contributed by atoms with Crippen molar-refractivity contribution in [1.82, 2.24) is 0 Å². The zero-order chi connectivity index (χ0) is 20.2. The van der Waals surface area contributed by atoms with Crippen LogP contribution in [0.4, 0.5) is 5.69 Å². The smallest absolute Gasteiger partial charge is 0.338 e. The fourth-order valence-corrected chi connectivity index (χ4v) is 4.17. The molecule has 2 bridgehead atoms. The maximum atomic E-state index is 12.2. The van der Waals surface area contributed by atoms with Crippen LogP contribution >= 0.6 is 0 Å². The Balaban J connectivity index is 1.61. The highest BCUT2D eigenvalue weighted by Gasteiger charge is 2.67. The molecule has 0 saturated carbocycles. The lowest BCUT2D eigenvalue weighted by atomic mass is 9.83. The predicted molar refractivity (Wildman–Crippen MR) is 100 cm³/mol. The number of carbonyl (C=O) groups is 1. The molecule has 5 rings (SSSR count). The van der Waals surface area contributed by atoms with E-state index in [9.17, 15) is 15.0 Å². The second-order valence-corrected chi connectivity index (χ2v) is 7.41. The normalized spacial score (nSPS) is 28.9. The third kappa shape index (κ3) is 2.87. The monoisotopic (exact) mass is 399 g/mol. The highest BCUT2D eigenvalue weighted by atomic mass is 16.8. The van der Waals surface area contributed by atoms with Gasteiger partial charge in [-0.3, -0.25) is 0 Å². The molecular formula is C21H21NO7. The van der Waals surface area contributed by atoms with Crippen molar-refractivity contribution < 1.29 is 34.1 Å². The molecule has 2 aromatic rings. The quantitative estimate of drug-likeness (QED) is 0.574. The number of anilines is 1. The van der Waals surface area contributed by atoms with Gasteiger partial charge in [-0.25, -0.2) is 14.7 Å². The van der Waals surface area contributed by atoms with E-state index in [1.807, 2.05) is 30.3 Å². The summed E-state index contributed by atoms with van der Waals surface area (Å²) >= 11 is 0. The Morgan fingerprint density at radius 2 is 2.10 bits per heavy atom. The Bertz CT molecular complexity index is 950. The van der Waals surface area contributed by atoms with Crippen molar-refractivity contribution in [2.45, 2.75) is 30.5 Å². The van der Waals surface area contributed by atoms with Crippen LogP contribution in [0.3, 0.4) is 0 Å². The molecule has 0 aliphatic carbocycles. The third-order valence-corrected chi connectivity index (χ3v) is 5.67. The number of epoxide rings is 1. The number of ether oxygens (including phenoxy) is 3. The van der Waals surface area contributed by atoms with E-state index in [-0.39, 0.29) is 19.3 Å². The lowest BCUT2D eigenvalue weighted by Crippen LogP contribution is -2.59. The van der Waals surface area contributed by atoms with Crippen molar-refractivity contribution in [2.24, 2.45) is 0 Å². The summed E-state index contributed by atoms with van der Waals surface area (Å²) in [5.74, 6) is -2.61. The number of nitrogens with zero attached hydrogens (tertiary/aromatic N) is 1. The van der Waals surface area contributed by atoms with Gasteiger partial charge in [0.15, 0.2) is 0 Å². The molecule has 2 N–H and O–H groups in total. The molecule has 8 nitrogen and oxygen atoms in total. The summed E-state index contributed by atoms with van der Waals surface area (Å²) in [6.45, 7) is 0.294. The lowest BCUT2D eigenvalue weighted by molar-refractivity contribution is -0.254. The number of methoxy groups -OCH3 is 1. The molecule has 0 unspecified atom stereocenters. The van der Waals surface area contributed by atoms with Gasteiger partial charge in [-0.1, -0.05) is 30.3 Å². The minimum absolute atomic E-state index is 0.189. The maximum Gasteiger partial charge on any atom is 0.338 e. The Hall–Kier alpha value is -2.65. The van der Waals surface area contributed by atoms with Gasteiger partial charge in [-0.2, -0.15) is 0 Å². The largest absolute Gasteiger partial charge is 0.489 e. The van der Waals surface area contributed by atoms with E-state index < -0.39 is 23.8 Å². The van der Waals surface area contributed by atoms with Gasteiger partial charge in [0.2, 0.25) is 5.79 Å². The van der Waals surface area contributed by atoms with Crippen LogP contribution in [0.25, 0.3) is 0 Å². The summed E-state index contributed by atoms with van der Waals surface area (Å²) < 4.78 is 16.5. The van der Waals surface area contributed by atoms with Crippen LogP contribution in [-0.2, 0) is 20.9 Å². The number of hydroxylamine groups is 1. The van der Waals surface area contributed by atoms with E-state index >= 15 is 0 Å². The minimum Gasteiger partial charge on any atom is -0.489 e. The summed E-state index contributed by atoms with van der Waals surface area (Å²) in [7, 11) is 1.31. The van der Waals surface area contributed by atoms with Gasteiger partial charge in [-0.05, 0) is 17.7 Å². The zero-order valence-electron chi connectivity index (χ0n) is 15.8. The average molecular weight is 399 g/mol. The number of esters is 1. The first-order valence-corrected chi connectivity index (χ1v) is 9.43. The van der Waals surface area contributed by atoms with Crippen LogP contribution in [0.15, 0.2) is 42.5 Å². The number of aliphatic hydroxyl groups excluding tert-OH is 1. The first-order valence-electron chi connectivity index (χ1n) is 9.43. The molecule has 29 heavy (non-hydrogen) atoms. The van der Waals surface area contributed by atoms with E-state index in [1.165, 1.54) is 12.2 Å². The number of fused-ring (bicyclic) bond motifs is 6. The molecule has 152 valence electrons. The standard InChI is InChI=1S/C21H21NO7/c1-26-20(24)13-7-15-18(16(8-13)27-11-12-5-3-2-4-6-12)14(10-23)21(25)19-17(28-19)9-22(15)29-21/h2-8,14,17,19,23,25H,9-11H2,1H3/t14-,17+,19+,21-/m0/s1. The van der Waals surface area contributed by atoms with Crippen LogP contribution in [0.1, 0.15) is 27.4 Å². The first-order chi connectivity index (χ1) is 14.0. The fourth-order valence-electron chi connectivity index (χ4n) is 4.17. The second kappa shape index (κ2) is 6.70.